The van der Waals surface area contributed by atoms with Gasteiger partial charge in [0.25, 0.3) is 0 Å². The Morgan fingerprint density at radius 2 is 1.48 bits per heavy atom. The number of alkyl halides is 7. The van der Waals surface area contributed by atoms with Gasteiger partial charge in [-0.1, -0.05) is 0 Å². The fourth-order valence-electron chi connectivity index (χ4n) is 3.60. The number of benzene rings is 2. The van der Waals surface area contributed by atoms with Crippen LogP contribution in [-0.2, 0) is 19.0 Å². The number of amides is 2. The van der Waals surface area contributed by atoms with Gasteiger partial charge in [0.2, 0.25) is 0 Å². The Labute approximate surface area is 185 Å². The molecule has 0 heterocycles. The standard InChI is InChI=1S/C22H21F7N2O2/c23-12-13-9-15(22(27,28)29)11-17(10-13)31-20(32)30-16-3-7-19(8-4-16)33-18-5-1-14(2-6-18)21(24,25)26/h1-2,5-6,9-11,16,19H,3-4,7-8,12H2,(H2,30,31,32). The number of hydrogen-bond donors (Lipinski definition) is 2. The molecule has 1 aliphatic carbocycles. The van der Waals surface area contributed by atoms with Gasteiger partial charge in [0.05, 0.1) is 17.2 Å². The van der Waals surface area contributed by atoms with Crippen molar-refractivity contribution in [3.8, 4) is 5.75 Å². The third kappa shape index (κ3) is 7.00. The minimum Gasteiger partial charge on any atom is -0.490 e. The van der Waals surface area contributed by atoms with Gasteiger partial charge < -0.3 is 15.4 Å². The normalized spacial score (nSPS) is 19.1. The van der Waals surface area contributed by atoms with E-state index >= 15 is 0 Å². The molecule has 2 N–H and O–H groups in total. The highest BCUT2D eigenvalue weighted by Crippen LogP contribution is 2.33. The van der Waals surface area contributed by atoms with Crippen molar-refractivity contribution in [1.29, 1.82) is 0 Å². The van der Waals surface area contributed by atoms with Crippen LogP contribution < -0.4 is 15.4 Å². The Kier molecular flexibility index (Phi) is 7.38. The molecule has 4 nitrogen and oxygen atoms in total. The SMILES string of the molecule is O=C(Nc1cc(CF)cc(C(F)(F)F)c1)NC1CCC(Oc2ccc(C(F)(F)F)cc2)CC1. The topological polar surface area (TPSA) is 50.4 Å². The Balaban J connectivity index is 1.49. The van der Waals surface area contributed by atoms with Crippen LogP contribution in [-0.4, -0.2) is 18.2 Å². The zero-order valence-corrected chi connectivity index (χ0v) is 17.2. The van der Waals surface area contributed by atoms with Gasteiger partial charge in [-0.15, -0.1) is 0 Å². The summed E-state index contributed by atoms with van der Waals surface area (Å²) in [6.07, 6.45) is -7.26. The van der Waals surface area contributed by atoms with E-state index in [4.69, 9.17) is 4.74 Å². The maximum Gasteiger partial charge on any atom is 0.416 e. The van der Waals surface area contributed by atoms with Gasteiger partial charge >= 0.3 is 18.4 Å². The highest BCUT2D eigenvalue weighted by molar-refractivity contribution is 5.89. The van der Waals surface area contributed by atoms with Gasteiger partial charge in [0.1, 0.15) is 12.4 Å². The molecule has 33 heavy (non-hydrogen) atoms. The van der Waals surface area contributed by atoms with Crippen LogP contribution in [0.25, 0.3) is 0 Å². The van der Waals surface area contributed by atoms with Crippen LogP contribution in [0.4, 0.5) is 41.2 Å². The molecule has 0 spiro atoms. The summed E-state index contributed by atoms with van der Waals surface area (Å²) in [5.41, 5.74) is -2.21. The smallest absolute Gasteiger partial charge is 0.416 e. The molecule has 1 saturated carbocycles. The Bertz CT molecular complexity index is 951. The molecule has 0 saturated heterocycles. The van der Waals surface area contributed by atoms with E-state index in [9.17, 15) is 35.5 Å². The Morgan fingerprint density at radius 3 is 2.03 bits per heavy atom. The van der Waals surface area contributed by atoms with Gasteiger partial charge in [-0.3, -0.25) is 0 Å². The van der Waals surface area contributed by atoms with Crippen molar-refractivity contribution in [3.63, 3.8) is 0 Å². The molecule has 2 amide bonds. The van der Waals surface area contributed by atoms with Crippen molar-refractivity contribution >= 4 is 11.7 Å². The molecule has 0 atom stereocenters. The summed E-state index contributed by atoms with van der Waals surface area (Å²) in [4.78, 5) is 12.2. The molecule has 2 aromatic rings. The zero-order chi connectivity index (χ0) is 24.2. The highest BCUT2D eigenvalue weighted by atomic mass is 19.4. The van der Waals surface area contributed by atoms with E-state index in [1.165, 1.54) is 12.1 Å². The van der Waals surface area contributed by atoms with E-state index in [1.807, 2.05) is 0 Å². The van der Waals surface area contributed by atoms with Gasteiger partial charge in [-0.2, -0.15) is 26.3 Å². The third-order valence-corrected chi connectivity index (χ3v) is 5.23. The van der Waals surface area contributed by atoms with E-state index < -0.39 is 36.2 Å². The minimum atomic E-state index is -4.68. The van der Waals surface area contributed by atoms with Gasteiger partial charge in [-0.05, 0) is 73.7 Å². The average molecular weight is 478 g/mol. The first-order valence-corrected chi connectivity index (χ1v) is 10.1. The summed E-state index contributed by atoms with van der Waals surface area (Å²) in [5, 5.41) is 4.97. The van der Waals surface area contributed by atoms with E-state index in [2.05, 4.69) is 10.6 Å². The van der Waals surface area contributed by atoms with Crippen molar-refractivity contribution in [2.75, 3.05) is 5.32 Å². The quantitative estimate of drug-likeness (QED) is 0.470. The lowest BCUT2D eigenvalue weighted by Crippen LogP contribution is -2.41. The summed E-state index contributed by atoms with van der Waals surface area (Å²) < 4.78 is 95.3. The number of ether oxygens (including phenoxy) is 1. The predicted octanol–water partition coefficient (Wildman–Crippen LogP) is 6.71. The number of nitrogens with one attached hydrogen (secondary N) is 2. The second-order valence-corrected chi connectivity index (χ2v) is 7.76. The molecule has 0 bridgehead atoms. The van der Waals surface area contributed by atoms with Crippen LogP contribution in [0.5, 0.6) is 5.75 Å². The summed E-state index contributed by atoms with van der Waals surface area (Å²) in [5.74, 6) is 0.311. The lowest BCUT2D eigenvalue weighted by atomic mass is 9.93. The lowest BCUT2D eigenvalue weighted by molar-refractivity contribution is -0.138. The molecule has 0 aromatic heterocycles. The van der Waals surface area contributed by atoms with Crippen molar-refractivity contribution in [2.24, 2.45) is 0 Å². The molecular formula is C22H21F7N2O2. The predicted molar refractivity (Wildman–Crippen MR) is 107 cm³/mol. The summed E-state index contributed by atoms with van der Waals surface area (Å²) in [7, 11) is 0. The van der Waals surface area contributed by atoms with Crippen molar-refractivity contribution < 1.29 is 40.3 Å². The first kappa shape index (κ1) is 24.7. The first-order chi connectivity index (χ1) is 15.4. The molecule has 0 aliphatic heterocycles. The van der Waals surface area contributed by atoms with Crippen molar-refractivity contribution in [1.82, 2.24) is 5.32 Å². The number of anilines is 1. The van der Waals surface area contributed by atoms with E-state index in [-0.39, 0.29) is 23.4 Å². The number of carbonyl (C=O) groups is 1. The minimum absolute atomic E-state index is 0.172. The van der Waals surface area contributed by atoms with Gasteiger partial charge in [-0.25, -0.2) is 9.18 Å². The molecule has 3 rings (SSSR count). The van der Waals surface area contributed by atoms with Crippen LogP contribution in [0.3, 0.4) is 0 Å². The molecule has 180 valence electrons. The van der Waals surface area contributed by atoms with Gasteiger partial charge in [0.15, 0.2) is 0 Å². The number of halogens is 7. The van der Waals surface area contributed by atoms with Crippen LogP contribution in [0.15, 0.2) is 42.5 Å². The Hall–Kier alpha value is -2.98. The van der Waals surface area contributed by atoms with E-state index in [0.717, 1.165) is 24.3 Å². The van der Waals surface area contributed by atoms with Crippen molar-refractivity contribution in [3.05, 3.63) is 59.2 Å². The van der Waals surface area contributed by atoms with Gasteiger partial charge in [0, 0.05) is 11.7 Å². The zero-order valence-electron chi connectivity index (χ0n) is 17.2. The molecule has 0 radical (unpaired) electrons. The third-order valence-electron chi connectivity index (χ3n) is 5.23. The fraction of sp³-hybridized carbons (Fsp3) is 0.409. The highest BCUT2D eigenvalue weighted by Gasteiger charge is 2.32. The Morgan fingerprint density at radius 1 is 0.879 bits per heavy atom. The number of hydrogen-bond acceptors (Lipinski definition) is 2. The molecular weight excluding hydrogens is 457 g/mol. The largest absolute Gasteiger partial charge is 0.490 e. The fourth-order valence-corrected chi connectivity index (χ4v) is 3.60. The van der Waals surface area contributed by atoms with Crippen LogP contribution in [0.1, 0.15) is 42.4 Å². The molecule has 1 aliphatic rings. The second kappa shape index (κ2) is 9.88. The lowest BCUT2D eigenvalue weighted by Gasteiger charge is -2.29. The monoisotopic (exact) mass is 478 g/mol. The number of rotatable bonds is 5. The second-order valence-electron chi connectivity index (χ2n) is 7.76. The summed E-state index contributed by atoms with van der Waals surface area (Å²) >= 11 is 0. The van der Waals surface area contributed by atoms with Crippen LogP contribution >= 0.6 is 0 Å². The molecule has 0 unspecified atom stereocenters. The molecule has 1 fully saturated rings. The maximum absolute atomic E-state index is 12.9. The summed E-state index contributed by atoms with van der Waals surface area (Å²) in [6, 6.07) is 5.94. The maximum atomic E-state index is 12.9. The van der Waals surface area contributed by atoms with Crippen molar-refractivity contribution in [2.45, 2.75) is 56.9 Å². The first-order valence-electron chi connectivity index (χ1n) is 10.1. The average Bonchev–Trinajstić information content (AvgIpc) is 2.74. The van der Waals surface area contributed by atoms with Crippen LogP contribution in [0, 0.1) is 0 Å². The summed E-state index contributed by atoms with van der Waals surface area (Å²) in [6.45, 7) is -1.11. The molecule has 2 aromatic carbocycles. The number of urea groups is 1. The van der Waals surface area contributed by atoms with E-state index in [0.29, 0.717) is 37.5 Å². The molecule has 11 heteroatoms. The van der Waals surface area contributed by atoms with Crippen LogP contribution in [0.2, 0.25) is 0 Å². The number of carbonyl (C=O) groups excluding carboxylic acids is 1. The van der Waals surface area contributed by atoms with E-state index in [1.54, 1.807) is 0 Å².